The Bertz CT molecular complexity index is 5050. The number of piperidine rings is 1. The number of piperazine rings is 2. The molecule has 6 aromatic rings. The van der Waals surface area contributed by atoms with Gasteiger partial charge in [0.2, 0.25) is 29.5 Å². The lowest BCUT2D eigenvalue weighted by molar-refractivity contribution is -0.265. The zero-order valence-electron chi connectivity index (χ0n) is 77.6. The first-order chi connectivity index (χ1) is 64.1. The smallest absolute Gasteiger partial charge is 0.407 e. The number of hydrogen-bond acceptors (Lipinski definition) is 32. The van der Waals surface area contributed by atoms with Crippen molar-refractivity contribution in [3.05, 3.63) is 114 Å². The minimum Gasteiger partial charge on any atom is -0.459 e. The van der Waals surface area contributed by atoms with Crippen LogP contribution < -0.4 is 37.2 Å². The maximum atomic E-state index is 14.7. The molecule has 722 valence electrons. The molecule has 133 heavy (non-hydrogen) atoms. The molecule has 0 unspecified atom stereocenters. The Morgan fingerprint density at radius 2 is 1.44 bits per heavy atom. The third kappa shape index (κ3) is 27.4. The number of aryl methyl sites for hydroxylation is 1. The first kappa shape index (κ1) is 101. The molecule has 0 spiro atoms. The van der Waals surface area contributed by atoms with Crippen LogP contribution in [0.5, 0.6) is 0 Å². The average molecular weight is 1850 g/mol. The number of aliphatic hydroxyl groups excluding tert-OH is 2. The maximum Gasteiger partial charge on any atom is 0.407 e. The summed E-state index contributed by atoms with van der Waals surface area (Å²) >= 11 is 0. The van der Waals surface area contributed by atoms with Gasteiger partial charge in [-0.2, -0.15) is 5.10 Å². The summed E-state index contributed by atoms with van der Waals surface area (Å²) in [4.78, 5) is 168. The molecule has 6 aromatic heterocycles. The molecule has 5 aliphatic heterocycles. The van der Waals surface area contributed by atoms with Crippen molar-refractivity contribution in [1.29, 1.82) is 0 Å². The van der Waals surface area contributed by atoms with Crippen molar-refractivity contribution < 1.29 is 91.6 Å². The summed E-state index contributed by atoms with van der Waals surface area (Å²) in [6.07, 6.45) is 19.5. The van der Waals surface area contributed by atoms with E-state index in [1.165, 1.54) is 26.4 Å². The first-order valence-corrected chi connectivity index (χ1v) is 46.6. The molecule has 4 saturated heterocycles. The molecule has 0 radical (unpaired) electrons. The second-order valence-electron chi connectivity index (χ2n) is 35.9. The second kappa shape index (κ2) is 48.8. The standard InChI is InChI=1S/C94H132N20O19/c1-58-16-10-9-11-17-59(2)74(127-7)49-69-21-19-63(6)94(126,133-69)84(121)89(123)113-29-14-12-18-71(113)90(124)131-75(50-72(115)60(3)45-62(5)82(119)83(120)81(118)61(4)44-58)70(95)46-64-20-22-73(76(47-64)128-8)132-93(125)99-28-42-129-40-24-77(116)100-51-65-52-102-91(103-53-65)112-37-35-110(36-38-112)78(117)25-41-130-43-39-109-31-33-111(34-32-109)92-104-55-68(56-105-92)88(122)98-26-13-15-30-114-87-79(85(96)106-57-107-87)80(108-114)67-48-66-23-27-97-86(66)101-54-67/h9-11,16-17,23,27,45,48,52-58,60-61,63-64,69-71,73-76,82-83,119-120,126H,12-15,18-22,24-26,28-44,46-47,49-51,95H2,1-8H3,(H,97,101)(H,98,122)(H,99,125)(H,100,116)(H2,96,106,107)/b11-9+,16-10+,59-17+,62-45+/t58-,60-,61-,63-,64+,69+,70-,71+,73-,74+,75+,76-,82-,83+,94-/m1/s1. The van der Waals surface area contributed by atoms with E-state index in [1.807, 2.05) is 77.0 Å². The number of amides is 5. The molecule has 1 saturated carbocycles. The fourth-order valence-corrected chi connectivity index (χ4v) is 18.0. The van der Waals surface area contributed by atoms with E-state index < -0.39 is 120 Å². The molecule has 39 nitrogen and oxygen atoms in total. The van der Waals surface area contributed by atoms with E-state index in [2.05, 4.69) is 65.6 Å². The molecule has 5 fully saturated rings. The Morgan fingerprint density at radius 3 is 2.19 bits per heavy atom. The number of ether oxygens (including phenoxy) is 7. The summed E-state index contributed by atoms with van der Waals surface area (Å²) in [6.45, 7) is 18.2. The van der Waals surface area contributed by atoms with Crippen molar-refractivity contribution in [1.82, 2.24) is 80.3 Å². The molecule has 2 bridgehead atoms. The first-order valence-electron chi connectivity index (χ1n) is 46.6. The number of esters is 1. The van der Waals surface area contributed by atoms with Gasteiger partial charge in [-0.3, -0.25) is 38.5 Å². The van der Waals surface area contributed by atoms with Crippen LogP contribution in [0.15, 0.2) is 103 Å². The van der Waals surface area contributed by atoms with Gasteiger partial charge in [0.1, 0.15) is 59.7 Å². The van der Waals surface area contributed by atoms with Crippen LogP contribution in [0.25, 0.3) is 33.3 Å². The van der Waals surface area contributed by atoms with Crippen LogP contribution in [0.3, 0.4) is 0 Å². The van der Waals surface area contributed by atoms with E-state index in [-0.39, 0.29) is 100 Å². The van der Waals surface area contributed by atoms with Crippen molar-refractivity contribution in [2.45, 2.75) is 218 Å². The van der Waals surface area contributed by atoms with Gasteiger partial charge in [-0.1, -0.05) is 64.2 Å². The van der Waals surface area contributed by atoms with Crippen molar-refractivity contribution in [2.75, 3.05) is 135 Å². The number of carbonyl (C=O) groups excluding carboxylic acids is 9. The number of aromatic nitrogens is 10. The van der Waals surface area contributed by atoms with Gasteiger partial charge < -0.3 is 100 Å². The molecule has 1 aliphatic carbocycles. The number of cyclic esters (lactones) is 1. The fourth-order valence-electron chi connectivity index (χ4n) is 18.0. The number of rotatable bonds is 29. The van der Waals surface area contributed by atoms with E-state index >= 15 is 0 Å². The van der Waals surface area contributed by atoms with Crippen LogP contribution in [0.2, 0.25) is 0 Å². The number of methoxy groups -OCH3 is 2. The Labute approximate surface area is 774 Å². The number of pyridine rings is 1. The predicted molar refractivity (Wildman–Crippen MR) is 492 cm³/mol. The van der Waals surface area contributed by atoms with Crippen LogP contribution in [0.4, 0.5) is 22.5 Å². The lowest BCUT2D eigenvalue weighted by Crippen LogP contribution is -2.61. The molecular formula is C94H132N20O19. The van der Waals surface area contributed by atoms with Gasteiger partial charge in [0.05, 0.1) is 62.1 Å². The number of nitrogens with one attached hydrogen (secondary N) is 4. The summed E-state index contributed by atoms with van der Waals surface area (Å²) in [5, 5.41) is 49.7. The average Bonchev–Trinajstić information content (AvgIpc) is 1.74. The number of Topliss-reactive ketones (excluding diaryl/α,β-unsaturated/α-hetero) is 3. The molecule has 15 atom stereocenters. The molecular weight excluding hydrogens is 1710 g/mol. The van der Waals surface area contributed by atoms with Gasteiger partial charge in [-0.25, -0.2) is 49.2 Å². The summed E-state index contributed by atoms with van der Waals surface area (Å²) in [5.74, 6) is -8.52. The van der Waals surface area contributed by atoms with E-state index in [0.717, 1.165) is 46.6 Å². The summed E-state index contributed by atoms with van der Waals surface area (Å²) in [7, 11) is 3.04. The Balaban J connectivity index is 0.513. The maximum absolute atomic E-state index is 14.7. The molecule has 11 heterocycles. The van der Waals surface area contributed by atoms with E-state index in [9.17, 15) is 58.5 Å². The molecule has 5 amide bonds. The Kier molecular flexibility index (Phi) is 37.0. The molecule has 6 aliphatic rings. The van der Waals surface area contributed by atoms with Gasteiger partial charge in [0.25, 0.3) is 17.6 Å². The van der Waals surface area contributed by atoms with Crippen LogP contribution in [-0.2, 0) is 79.8 Å². The number of aliphatic hydroxyl groups is 3. The van der Waals surface area contributed by atoms with Crippen molar-refractivity contribution >= 4 is 92.8 Å². The summed E-state index contributed by atoms with van der Waals surface area (Å²) in [5.41, 5.74) is 18.3. The highest BCUT2D eigenvalue weighted by atomic mass is 16.6. The lowest BCUT2D eigenvalue weighted by Gasteiger charge is -2.42. The second-order valence-corrected chi connectivity index (χ2v) is 35.9. The highest BCUT2D eigenvalue weighted by Crippen LogP contribution is 2.39. The normalized spacial score (nSPS) is 27.2. The highest BCUT2D eigenvalue weighted by Gasteiger charge is 2.53. The van der Waals surface area contributed by atoms with Gasteiger partial charge in [0, 0.05) is 203 Å². The van der Waals surface area contributed by atoms with Gasteiger partial charge in [0.15, 0.2) is 11.4 Å². The van der Waals surface area contributed by atoms with E-state index in [4.69, 9.17) is 49.7 Å². The van der Waals surface area contributed by atoms with Crippen LogP contribution in [0, 0.1) is 29.6 Å². The zero-order chi connectivity index (χ0) is 94.8. The number of H-pyrrole nitrogens is 1. The van der Waals surface area contributed by atoms with Crippen LogP contribution in [-0.4, -0.2) is 312 Å². The van der Waals surface area contributed by atoms with Crippen molar-refractivity contribution in [3.63, 3.8) is 0 Å². The van der Waals surface area contributed by atoms with Crippen molar-refractivity contribution in [3.8, 4) is 11.3 Å². The van der Waals surface area contributed by atoms with E-state index in [0.29, 0.717) is 175 Å². The van der Waals surface area contributed by atoms with Gasteiger partial charge in [-0.15, -0.1) is 0 Å². The number of fused-ring (bicyclic) bond motifs is 5. The number of aromatic amines is 1. The van der Waals surface area contributed by atoms with Crippen molar-refractivity contribution in [2.24, 2.45) is 35.3 Å². The van der Waals surface area contributed by atoms with Gasteiger partial charge >= 0.3 is 12.1 Å². The third-order valence-corrected chi connectivity index (χ3v) is 26.2. The number of allylic oxidation sites excluding steroid dienone is 6. The largest absolute Gasteiger partial charge is 0.459 e. The topological polar surface area (TPSA) is 507 Å². The Morgan fingerprint density at radius 1 is 0.714 bits per heavy atom. The quantitative estimate of drug-likeness (QED) is 0.0119. The number of carbonyl (C=O) groups is 9. The number of alkyl carbamates (subject to hydrolysis) is 1. The van der Waals surface area contributed by atoms with E-state index in [1.54, 1.807) is 58.9 Å². The minimum absolute atomic E-state index is 0.0136. The zero-order valence-corrected chi connectivity index (χ0v) is 77.6. The third-order valence-electron chi connectivity index (χ3n) is 26.2. The molecule has 12 rings (SSSR count). The minimum atomic E-state index is -2.52. The number of nitrogen functional groups attached to an aromatic ring is 1. The molecule has 11 N–H and O–H groups in total. The van der Waals surface area contributed by atoms with Crippen LogP contribution >= 0.6 is 0 Å². The number of anilines is 3. The SMILES string of the molecule is CO[C@H]1C[C@@H]2CC[C@@H](C)[C@@](O)(O2)C(=O)C(=O)N2CCCC[C@H]2C(=O)O[C@H]([C@H](N)C[C@@H]2CC[C@@H](OC(=O)NCCOCCC(=O)NCc3cnc(N4CCN(C(=O)CCOCCN5CCN(c6ncc(C(=O)NCCCCn7nc(-c8cnc9[nH]ccc9c8)c8c(N)ncnc87)cn6)CC5)CC4)nc3)[C@H](OC)C2)CC(=O)[C@H](C)/C=C(\C)[C@@H](O)[C@@H](O)C(=O)[C@H](C)C[C@H](C)/C=C/C=C/C=C/1C. The monoisotopic (exact) mass is 1840 g/mol. The fraction of sp³-hybridized carbons (Fsp3) is 0.606. The lowest BCUT2D eigenvalue weighted by atomic mass is 9.80. The number of unbranched alkanes of at least 4 members (excludes halogenated alkanes) is 1. The number of ketones is 3. The number of nitrogens with zero attached hydrogens (tertiary/aromatic N) is 14. The molecule has 39 heteroatoms. The van der Waals surface area contributed by atoms with Gasteiger partial charge in [-0.05, 0) is 126 Å². The summed E-state index contributed by atoms with van der Waals surface area (Å²) < 4.78 is 43.4. The summed E-state index contributed by atoms with van der Waals surface area (Å²) in [6, 6.07) is 1.67. The number of nitrogens with two attached hydrogens (primary N) is 2. The number of hydrogen-bond donors (Lipinski definition) is 9. The highest BCUT2D eigenvalue weighted by molar-refractivity contribution is 6.39. The Hall–Kier alpha value is -11.0. The van der Waals surface area contributed by atoms with Crippen LogP contribution in [0.1, 0.15) is 160 Å². The predicted octanol–water partition coefficient (Wildman–Crippen LogP) is 5.61. The molecule has 0 aromatic carbocycles.